The van der Waals surface area contributed by atoms with Gasteiger partial charge in [0.05, 0.1) is 18.2 Å². The molecule has 1 fully saturated rings. The molecule has 2 heterocycles. The zero-order chi connectivity index (χ0) is 48.6. The molecule has 10 nitrogen and oxygen atoms in total. The molecule has 0 bridgehead atoms. The molecule has 0 spiro atoms. The summed E-state index contributed by atoms with van der Waals surface area (Å²) >= 11 is 0. The van der Waals surface area contributed by atoms with Crippen LogP contribution in [0.3, 0.4) is 0 Å². The van der Waals surface area contributed by atoms with E-state index in [-0.39, 0.29) is 18.4 Å². The number of nitrogens with one attached hydrogen (secondary N) is 2. The van der Waals surface area contributed by atoms with Crippen LogP contribution in [0.15, 0.2) is 84.6 Å². The minimum absolute atomic E-state index is 0.0287. The molecule has 2 N–H and O–H groups in total. The number of rotatable bonds is 25. The number of nitrogens with zero attached hydrogens (tertiary/aromatic N) is 3. The molecule has 0 aromatic heterocycles. The van der Waals surface area contributed by atoms with Gasteiger partial charge in [-0.15, -0.1) is 0 Å². The summed E-state index contributed by atoms with van der Waals surface area (Å²) in [5.74, 6) is -0.551. The normalized spacial score (nSPS) is 16.4. The van der Waals surface area contributed by atoms with Crippen LogP contribution in [0.4, 0.5) is 13.2 Å². The molecule has 1 saturated heterocycles. The zero-order valence-electron chi connectivity index (χ0n) is 40.4. The van der Waals surface area contributed by atoms with E-state index in [0.717, 1.165) is 111 Å². The number of piperazine rings is 1. The number of amides is 3. The van der Waals surface area contributed by atoms with Crippen molar-refractivity contribution in [2.45, 2.75) is 124 Å². The van der Waals surface area contributed by atoms with Gasteiger partial charge in [-0.05, 0) is 142 Å². The van der Waals surface area contributed by atoms with E-state index >= 15 is 0 Å². The molecular formula is C53H74F3N5O5. The molecule has 362 valence electrons. The van der Waals surface area contributed by atoms with E-state index in [1.165, 1.54) is 13.1 Å². The van der Waals surface area contributed by atoms with E-state index in [4.69, 9.17) is 4.74 Å². The summed E-state index contributed by atoms with van der Waals surface area (Å²) in [6.45, 7) is 21.7. The van der Waals surface area contributed by atoms with E-state index in [1.807, 2.05) is 38.1 Å². The number of hydrogen-bond acceptors (Lipinski definition) is 8. The monoisotopic (exact) mass is 918 g/mol. The predicted octanol–water partition coefficient (Wildman–Crippen LogP) is 10.0. The number of carbonyl (C=O) groups is 4. The molecule has 0 radical (unpaired) electrons. The van der Waals surface area contributed by atoms with Crippen molar-refractivity contribution >= 4 is 35.7 Å². The summed E-state index contributed by atoms with van der Waals surface area (Å²) in [5, 5.41) is 5.57. The Labute approximate surface area is 392 Å². The number of ether oxygens (including phenoxy) is 1. The number of halogens is 3. The van der Waals surface area contributed by atoms with Crippen molar-refractivity contribution in [3.63, 3.8) is 0 Å². The lowest BCUT2D eigenvalue weighted by molar-refractivity contribution is -0.131. The maximum absolute atomic E-state index is 14.5. The van der Waals surface area contributed by atoms with Gasteiger partial charge in [0.1, 0.15) is 18.1 Å². The third-order valence-electron chi connectivity index (χ3n) is 12.0. The third kappa shape index (κ3) is 16.3. The van der Waals surface area contributed by atoms with Crippen molar-refractivity contribution in [2.75, 3.05) is 52.9 Å². The first kappa shape index (κ1) is 55.1. The highest BCUT2D eigenvalue weighted by Crippen LogP contribution is 2.37. The Bertz CT molecular complexity index is 2030. The van der Waals surface area contributed by atoms with Gasteiger partial charge in [-0.3, -0.25) is 19.3 Å². The fourth-order valence-electron chi connectivity index (χ4n) is 8.36. The minimum Gasteiger partial charge on any atom is -0.494 e. The predicted molar refractivity (Wildman–Crippen MR) is 261 cm³/mol. The Kier molecular flexibility index (Phi) is 23.9. The first-order valence-corrected chi connectivity index (χ1v) is 23.8. The van der Waals surface area contributed by atoms with Crippen molar-refractivity contribution in [2.24, 2.45) is 0 Å². The first-order chi connectivity index (χ1) is 31.8. The summed E-state index contributed by atoms with van der Waals surface area (Å²) in [5.41, 5.74) is 6.08. The SMILES string of the molecule is C=C/C=C(C)\C(=C/CCC)c1ccc(C2=CNC(CCCN3CCN(CCCCCOc4ccc(C(=O)N(C=O)C(CCC=O)C(=O)NC)c(C)c4)CC3)C(C(F)(F)F)=C2)cc1CC.CC. The number of carbonyl (C=O) groups excluding carboxylic acids is 4. The lowest BCUT2D eigenvalue weighted by Crippen LogP contribution is -2.48. The summed E-state index contributed by atoms with van der Waals surface area (Å²) < 4.78 is 49.4. The van der Waals surface area contributed by atoms with E-state index in [0.29, 0.717) is 49.0 Å². The fourth-order valence-corrected chi connectivity index (χ4v) is 8.36. The van der Waals surface area contributed by atoms with Crippen LogP contribution in [0, 0.1) is 6.92 Å². The van der Waals surface area contributed by atoms with Crippen LogP contribution >= 0.6 is 0 Å². The van der Waals surface area contributed by atoms with Crippen molar-refractivity contribution in [3.05, 3.63) is 112 Å². The van der Waals surface area contributed by atoms with Crippen LogP contribution in [-0.2, 0) is 20.8 Å². The maximum Gasteiger partial charge on any atom is 0.414 e. The maximum atomic E-state index is 14.5. The minimum atomic E-state index is -4.45. The highest BCUT2D eigenvalue weighted by atomic mass is 19.4. The van der Waals surface area contributed by atoms with Gasteiger partial charge in [-0.1, -0.05) is 77.1 Å². The molecule has 4 rings (SSSR count). The van der Waals surface area contributed by atoms with Crippen molar-refractivity contribution in [3.8, 4) is 5.75 Å². The number of unbranched alkanes of at least 4 members (excludes halogenated alkanes) is 3. The Morgan fingerprint density at radius 2 is 1.65 bits per heavy atom. The average Bonchev–Trinajstić information content (AvgIpc) is 3.32. The van der Waals surface area contributed by atoms with Gasteiger partial charge in [0, 0.05) is 51.4 Å². The van der Waals surface area contributed by atoms with Crippen LogP contribution in [0.25, 0.3) is 11.1 Å². The number of benzene rings is 2. The van der Waals surface area contributed by atoms with Crippen molar-refractivity contribution in [1.29, 1.82) is 0 Å². The van der Waals surface area contributed by atoms with Gasteiger partial charge < -0.3 is 30.0 Å². The molecule has 13 heteroatoms. The second-order valence-electron chi connectivity index (χ2n) is 16.5. The summed E-state index contributed by atoms with van der Waals surface area (Å²) in [4.78, 5) is 54.0. The fraction of sp³-hybridized carbons (Fsp3) is 0.509. The number of aldehydes is 1. The molecule has 0 saturated carbocycles. The van der Waals surface area contributed by atoms with E-state index in [1.54, 1.807) is 37.4 Å². The quantitative estimate of drug-likeness (QED) is 0.0576. The Hall–Kier alpha value is -5.27. The number of imide groups is 1. The second kappa shape index (κ2) is 28.7. The Morgan fingerprint density at radius 3 is 2.24 bits per heavy atom. The molecule has 0 aliphatic carbocycles. The molecule has 2 aliphatic rings. The molecule has 66 heavy (non-hydrogen) atoms. The standard InChI is InChI=1S/C51H68F3N5O5.C2H6/c1-7-10-17-43(37(4)16-8-2)45-22-20-40(33-39(45)9-3)41-34-46(51(52,53)54)47(56-35-41)18-14-25-58-28-26-57(27-29-58)24-12-11-13-31-64-42-21-23-44(38(5)32-42)50(63)59(36-61)48(19-15-30-60)49(62)55-6;1-2/h8,16-17,20-23,30,32-36,47-48,56H,2,7,9-15,18-19,24-29,31H2,1,3-6H3,(H,55,62);1-2H3/b37-16-,43-17+;. The number of aryl methyl sites for hydroxylation is 2. The summed E-state index contributed by atoms with van der Waals surface area (Å²) in [7, 11) is 1.41. The van der Waals surface area contributed by atoms with Crippen LogP contribution in [0.1, 0.15) is 125 Å². The number of likely N-dealkylation sites (N-methyl/N-ethyl adjacent to an activating group) is 1. The number of hydrogen-bond donors (Lipinski definition) is 2. The van der Waals surface area contributed by atoms with Gasteiger partial charge in [-0.25, -0.2) is 0 Å². The van der Waals surface area contributed by atoms with E-state index in [2.05, 4.69) is 53.9 Å². The van der Waals surface area contributed by atoms with Gasteiger partial charge in [0.15, 0.2) is 0 Å². The largest absolute Gasteiger partial charge is 0.494 e. The molecule has 2 unspecified atom stereocenters. The summed E-state index contributed by atoms with van der Waals surface area (Å²) in [6.07, 6.45) is 12.3. The molecular weight excluding hydrogens is 844 g/mol. The van der Waals surface area contributed by atoms with Crippen molar-refractivity contribution < 1.29 is 37.1 Å². The van der Waals surface area contributed by atoms with Gasteiger partial charge in [0.2, 0.25) is 12.3 Å². The van der Waals surface area contributed by atoms with Crippen LogP contribution in [-0.4, -0.2) is 110 Å². The lowest BCUT2D eigenvalue weighted by atomic mass is 9.88. The first-order valence-electron chi connectivity index (χ1n) is 23.8. The van der Waals surface area contributed by atoms with Gasteiger partial charge in [0.25, 0.3) is 5.91 Å². The molecule has 2 aliphatic heterocycles. The van der Waals surface area contributed by atoms with Gasteiger partial charge in [-0.2, -0.15) is 13.2 Å². The Balaban J connectivity index is 0.00000570. The Morgan fingerprint density at radius 1 is 0.970 bits per heavy atom. The smallest absolute Gasteiger partial charge is 0.414 e. The van der Waals surface area contributed by atoms with Crippen LogP contribution < -0.4 is 15.4 Å². The van der Waals surface area contributed by atoms with Gasteiger partial charge >= 0.3 is 6.18 Å². The second-order valence-corrected chi connectivity index (χ2v) is 16.5. The van der Waals surface area contributed by atoms with E-state index < -0.39 is 35.6 Å². The highest BCUT2D eigenvalue weighted by Gasteiger charge is 2.40. The molecule has 2 atom stereocenters. The van der Waals surface area contributed by atoms with E-state index in [9.17, 15) is 32.3 Å². The molecule has 2 aromatic rings. The highest BCUT2D eigenvalue weighted by molar-refractivity contribution is 6.04. The van der Waals surface area contributed by atoms with Crippen LogP contribution in [0.2, 0.25) is 0 Å². The number of allylic oxidation sites excluding steroid dienone is 7. The third-order valence-corrected chi connectivity index (χ3v) is 12.0. The van der Waals surface area contributed by atoms with Crippen molar-refractivity contribution in [1.82, 2.24) is 25.3 Å². The lowest BCUT2D eigenvalue weighted by Gasteiger charge is -2.35. The zero-order valence-corrected chi connectivity index (χ0v) is 40.4. The number of alkyl halides is 3. The van der Waals surface area contributed by atoms with Crippen LogP contribution in [0.5, 0.6) is 5.75 Å². The average molecular weight is 918 g/mol. The molecule has 2 aromatic carbocycles. The topological polar surface area (TPSA) is 111 Å². The molecule has 3 amide bonds. The number of dihydropyridines is 1. The summed E-state index contributed by atoms with van der Waals surface area (Å²) in [6, 6.07) is 9.09.